The van der Waals surface area contributed by atoms with Crippen LogP contribution in [0.1, 0.15) is 32.8 Å². The van der Waals surface area contributed by atoms with E-state index in [-0.39, 0.29) is 5.92 Å². The Morgan fingerprint density at radius 2 is 2.00 bits per heavy atom. The smallest absolute Gasteiger partial charge is 0.0908 e. The van der Waals surface area contributed by atoms with E-state index in [0.29, 0.717) is 15.6 Å². The van der Waals surface area contributed by atoms with Crippen LogP contribution in [0.25, 0.3) is 0 Å². The van der Waals surface area contributed by atoms with Crippen LogP contribution in [0.15, 0.2) is 18.2 Å². The van der Waals surface area contributed by atoms with Crippen LogP contribution in [-0.4, -0.2) is 5.11 Å². The van der Waals surface area contributed by atoms with Gasteiger partial charge in [-0.15, -0.1) is 0 Å². The lowest BCUT2D eigenvalue weighted by molar-refractivity contribution is 0.000128. The normalized spacial score (nSPS) is 17.2. The van der Waals surface area contributed by atoms with Crippen molar-refractivity contribution in [1.82, 2.24) is 0 Å². The lowest BCUT2D eigenvalue weighted by Crippen LogP contribution is -2.29. The molecule has 1 aromatic rings. The Morgan fingerprint density at radius 3 is 2.53 bits per heavy atom. The van der Waals surface area contributed by atoms with E-state index in [1.807, 2.05) is 13.8 Å². The van der Waals surface area contributed by atoms with Gasteiger partial charge < -0.3 is 5.11 Å². The molecule has 0 bridgehead atoms. The van der Waals surface area contributed by atoms with Crippen molar-refractivity contribution in [1.29, 1.82) is 0 Å². The standard InChI is InChI=1S/C12H16Cl2O/c1-4-8(2)12(3,15)10-7-9(13)5-6-11(10)14/h5-8,15H,4H2,1-3H3. The maximum Gasteiger partial charge on any atom is 0.0908 e. The van der Waals surface area contributed by atoms with Crippen molar-refractivity contribution < 1.29 is 5.11 Å². The summed E-state index contributed by atoms with van der Waals surface area (Å²) < 4.78 is 0. The van der Waals surface area contributed by atoms with Gasteiger partial charge >= 0.3 is 0 Å². The minimum Gasteiger partial charge on any atom is -0.385 e. The fourth-order valence-electron chi connectivity index (χ4n) is 1.55. The van der Waals surface area contributed by atoms with Gasteiger partial charge in [-0.25, -0.2) is 0 Å². The summed E-state index contributed by atoms with van der Waals surface area (Å²) in [6, 6.07) is 5.17. The molecule has 0 aliphatic carbocycles. The maximum absolute atomic E-state index is 10.4. The summed E-state index contributed by atoms with van der Waals surface area (Å²) >= 11 is 12.0. The van der Waals surface area contributed by atoms with E-state index >= 15 is 0 Å². The Hall–Kier alpha value is -0.240. The Morgan fingerprint density at radius 1 is 1.40 bits per heavy atom. The number of halogens is 2. The summed E-state index contributed by atoms with van der Waals surface area (Å²) in [5.41, 5.74) is -0.234. The Balaban J connectivity index is 3.19. The van der Waals surface area contributed by atoms with Gasteiger partial charge in [-0.1, -0.05) is 43.5 Å². The van der Waals surface area contributed by atoms with Crippen molar-refractivity contribution in [2.45, 2.75) is 32.8 Å². The van der Waals surface area contributed by atoms with Crippen LogP contribution >= 0.6 is 23.2 Å². The van der Waals surface area contributed by atoms with Gasteiger partial charge in [0.1, 0.15) is 0 Å². The first-order valence-electron chi connectivity index (χ1n) is 5.07. The largest absolute Gasteiger partial charge is 0.385 e. The summed E-state index contributed by atoms with van der Waals surface area (Å²) in [7, 11) is 0. The van der Waals surface area contributed by atoms with Crippen LogP contribution in [0.4, 0.5) is 0 Å². The highest BCUT2D eigenvalue weighted by Crippen LogP contribution is 2.36. The van der Waals surface area contributed by atoms with E-state index in [1.54, 1.807) is 25.1 Å². The lowest BCUT2D eigenvalue weighted by Gasteiger charge is -2.31. The molecule has 84 valence electrons. The van der Waals surface area contributed by atoms with Gasteiger partial charge in [-0.05, 0) is 31.0 Å². The van der Waals surface area contributed by atoms with Gasteiger partial charge in [0.15, 0.2) is 0 Å². The number of aliphatic hydroxyl groups is 1. The molecule has 0 fully saturated rings. The van der Waals surface area contributed by atoms with Crippen LogP contribution in [0, 0.1) is 5.92 Å². The van der Waals surface area contributed by atoms with Crippen molar-refractivity contribution >= 4 is 23.2 Å². The molecule has 0 saturated carbocycles. The highest BCUT2D eigenvalue weighted by atomic mass is 35.5. The molecule has 0 aliphatic rings. The zero-order chi connectivity index (χ0) is 11.6. The van der Waals surface area contributed by atoms with Crippen molar-refractivity contribution in [2.24, 2.45) is 5.92 Å². The zero-order valence-electron chi connectivity index (χ0n) is 9.22. The molecular weight excluding hydrogens is 231 g/mol. The summed E-state index contributed by atoms with van der Waals surface area (Å²) in [6.45, 7) is 5.81. The third-order valence-corrected chi connectivity index (χ3v) is 3.61. The lowest BCUT2D eigenvalue weighted by atomic mass is 9.82. The predicted octanol–water partition coefficient (Wildman–Crippen LogP) is 4.25. The third kappa shape index (κ3) is 2.66. The Labute approximate surface area is 101 Å². The summed E-state index contributed by atoms with van der Waals surface area (Å²) in [5, 5.41) is 11.6. The number of hydrogen-bond acceptors (Lipinski definition) is 1. The van der Waals surface area contributed by atoms with E-state index in [1.165, 1.54) is 0 Å². The van der Waals surface area contributed by atoms with Crippen LogP contribution in [0.5, 0.6) is 0 Å². The molecule has 0 saturated heterocycles. The quantitative estimate of drug-likeness (QED) is 0.846. The Kier molecular flexibility index (Phi) is 4.05. The summed E-state index contributed by atoms with van der Waals surface area (Å²) in [4.78, 5) is 0. The zero-order valence-corrected chi connectivity index (χ0v) is 10.7. The Bertz CT molecular complexity index is 347. The van der Waals surface area contributed by atoms with Gasteiger partial charge in [0.05, 0.1) is 5.60 Å². The predicted molar refractivity (Wildman–Crippen MR) is 65.5 cm³/mol. The summed E-state index contributed by atoms with van der Waals surface area (Å²) in [6.07, 6.45) is 0.885. The minimum atomic E-state index is -0.934. The molecule has 15 heavy (non-hydrogen) atoms. The molecule has 0 heterocycles. The summed E-state index contributed by atoms with van der Waals surface area (Å²) in [5.74, 6) is 0.133. The first-order chi connectivity index (χ1) is 6.89. The molecule has 0 aliphatic heterocycles. The van der Waals surface area contributed by atoms with Crippen LogP contribution < -0.4 is 0 Å². The van der Waals surface area contributed by atoms with Gasteiger partial charge in [-0.2, -0.15) is 0 Å². The molecule has 2 unspecified atom stereocenters. The van der Waals surface area contributed by atoms with Gasteiger partial charge in [0.2, 0.25) is 0 Å². The molecule has 0 spiro atoms. The average molecular weight is 247 g/mol. The maximum atomic E-state index is 10.4. The van der Waals surface area contributed by atoms with Gasteiger partial charge in [0.25, 0.3) is 0 Å². The number of rotatable bonds is 3. The first-order valence-corrected chi connectivity index (χ1v) is 5.83. The molecule has 0 radical (unpaired) electrons. The van der Waals surface area contributed by atoms with Crippen LogP contribution in [0.3, 0.4) is 0 Å². The SMILES string of the molecule is CCC(C)C(C)(O)c1cc(Cl)ccc1Cl. The molecule has 1 nitrogen and oxygen atoms in total. The fourth-order valence-corrected chi connectivity index (χ4v) is 2.03. The molecular formula is C12H16Cl2O. The number of benzene rings is 1. The topological polar surface area (TPSA) is 20.2 Å². The minimum absolute atomic E-state index is 0.133. The molecule has 3 heteroatoms. The third-order valence-electron chi connectivity index (χ3n) is 3.05. The first kappa shape index (κ1) is 12.8. The second-order valence-electron chi connectivity index (χ2n) is 4.08. The number of hydrogen-bond donors (Lipinski definition) is 1. The molecule has 0 aromatic heterocycles. The highest BCUT2D eigenvalue weighted by molar-refractivity contribution is 6.33. The highest BCUT2D eigenvalue weighted by Gasteiger charge is 2.31. The van der Waals surface area contributed by atoms with Crippen LogP contribution in [0.2, 0.25) is 10.0 Å². The van der Waals surface area contributed by atoms with E-state index in [2.05, 4.69) is 0 Å². The molecule has 1 N–H and O–H groups in total. The average Bonchev–Trinajstić information content (AvgIpc) is 2.20. The van der Waals surface area contributed by atoms with E-state index in [0.717, 1.165) is 6.42 Å². The van der Waals surface area contributed by atoms with E-state index < -0.39 is 5.60 Å². The second-order valence-corrected chi connectivity index (χ2v) is 4.92. The van der Waals surface area contributed by atoms with Crippen LogP contribution in [-0.2, 0) is 5.60 Å². The van der Waals surface area contributed by atoms with E-state index in [9.17, 15) is 5.11 Å². The monoisotopic (exact) mass is 246 g/mol. The van der Waals surface area contributed by atoms with Gasteiger partial charge in [0, 0.05) is 15.6 Å². The molecule has 1 aromatic carbocycles. The second kappa shape index (κ2) is 4.73. The fraction of sp³-hybridized carbons (Fsp3) is 0.500. The molecule has 2 atom stereocenters. The van der Waals surface area contributed by atoms with Crippen molar-refractivity contribution in [3.05, 3.63) is 33.8 Å². The van der Waals surface area contributed by atoms with Crippen molar-refractivity contribution in [3.8, 4) is 0 Å². The van der Waals surface area contributed by atoms with Crippen molar-refractivity contribution in [3.63, 3.8) is 0 Å². The van der Waals surface area contributed by atoms with E-state index in [4.69, 9.17) is 23.2 Å². The molecule has 1 rings (SSSR count). The molecule has 0 amide bonds. The van der Waals surface area contributed by atoms with Gasteiger partial charge in [-0.3, -0.25) is 0 Å². The van der Waals surface area contributed by atoms with Crippen molar-refractivity contribution in [2.75, 3.05) is 0 Å².